The van der Waals surface area contributed by atoms with Crippen molar-refractivity contribution in [3.05, 3.63) is 16.1 Å². The summed E-state index contributed by atoms with van der Waals surface area (Å²) in [5.74, 6) is -0.0161. The van der Waals surface area contributed by atoms with Gasteiger partial charge in [0.05, 0.1) is 18.2 Å². The first-order chi connectivity index (χ1) is 8.93. The van der Waals surface area contributed by atoms with Gasteiger partial charge >= 0.3 is 0 Å². The van der Waals surface area contributed by atoms with E-state index in [4.69, 9.17) is 4.74 Å². The van der Waals surface area contributed by atoms with Gasteiger partial charge in [0.15, 0.2) is 0 Å². The van der Waals surface area contributed by atoms with Crippen molar-refractivity contribution in [1.82, 2.24) is 15.6 Å². The summed E-state index contributed by atoms with van der Waals surface area (Å²) in [6, 6.07) is 0. The molecule has 0 spiro atoms. The number of carbonyl (C=O) groups is 1. The molecule has 108 valence electrons. The number of nitrogens with one attached hydrogen (secondary N) is 2. The SMILES string of the molecule is COCCNC(=O)CNCc1cnc(C(C)(C)C)s1. The van der Waals surface area contributed by atoms with Gasteiger partial charge in [-0.1, -0.05) is 20.8 Å². The molecule has 6 heteroatoms. The van der Waals surface area contributed by atoms with Crippen molar-refractivity contribution in [3.8, 4) is 0 Å². The normalized spacial score (nSPS) is 11.6. The highest BCUT2D eigenvalue weighted by Gasteiger charge is 2.17. The minimum atomic E-state index is -0.0161. The maximum atomic E-state index is 11.4. The number of methoxy groups -OCH3 is 1. The summed E-state index contributed by atoms with van der Waals surface area (Å²) in [5, 5.41) is 6.99. The van der Waals surface area contributed by atoms with Crippen LogP contribution in [0.2, 0.25) is 0 Å². The highest BCUT2D eigenvalue weighted by atomic mass is 32.1. The summed E-state index contributed by atoms with van der Waals surface area (Å²) >= 11 is 1.69. The number of amides is 1. The Labute approximate surface area is 118 Å². The van der Waals surface area contributed by atoms with Gasteiger partial charge < -0.3 is 15.4 Å². The molecule has 0 aliphatic carbocycles. The third-order valence-electron chi connectivity index (χ3n) is 2.41. The third kappa shape index (κ3) is 6.13. The van der Waals surface area contributed by atoms with Gasteiger partial charge in [-0.2, -0.15) is 0 Å². The van der Waals surface area contributed by atoms with Crippen molar-refractivity contribution in [2.24, 2.45) is 0 Å². The molecule has 1 rings (SSSR count). The molecule has 1 aromatic rings. The van der Waals surface area contributed by atoms with E-state index >= 15 is 0 Å². The molecule has 0 unspecified atom stereocenters. The molecule has 0 saturated heterocycles. The first kappa shape index (κ1) is 16.1. The van der Waals surface area contributed by atoms with Gasteiger partial charge in [-0.15, -0.1) is 11.3 Å². The molecular formula is C13H23N3O2S. The molecule has 2 N–H and O–H groups in total. The monoisotopic (exact) mass is 285 g/mol. The Hall–Kier alpha value is -0.980. The van der Waals surface area contributed by atoms with Gasteiger partial charge in [-0.05, 0) is 0 Å². The maximum absolute atomic E-state index is 11.4. The van der Waals surface area contributed by atoms with Crippen molar-refractivity contribution in [2.75, 3.05) is 26.8 Å². The number of aromatic nitrogens is 1. The second-order valence-corrected chi connectivity index (χ2v) is 6.44. The Balaban J connectivity index is 2.26. The molecule has 0 radical (unpaired) electrons. The summed E-state index contributed by atoms with van der Waals surface area (Å²) in [6.07, 6.45) is 1.88. The predicted molar refractivity (Wildman–Crippen MR) is 77.4 cm³/mol. The minimum absolute atomic E-state index is 0.0161. The number of nitrogens with zero attached hydrogens (tertiary/aromatic N) is 1. The molecule has 0 saturated carbocycles. The van der Waals surface area contributed by atoms with E-state index < -0.39 is 0 Å². The first-order valence-corrected chi connectivity index (χ1v) is 7.16. The average molecular weight is 285 g/mol. The Bertz CT molecular complexity index is 399. The number of hydrogen-bond acceptors (Lipinski definition) is 5. The Morgan fingerprint density at radius 2 is 2.21 bits per heavy atom. The van der Waals surface area contributed by atoms with Gasteiger partial charge in [-0.3, -0.25) is 4.79 Å². The lowest BCUT2D eigenvalue weighted by Gasteiger charge is -2.13. The molecule has 0 bridgehead atoms. The second-order valence-electron chi connectivity index (χ2n) is 5.33. The van der Waals surface area contributed by atoms with Crippen molar-refractivity contribution >= 4 is 17.2 Å². The van der Waals surface area contributed by atoms with E-state index in [1.165, 1.54) is 0 Å². The van der Waals surface area contributed by atoms with Crippen LogP contribution < -0.4 is 10.6 Å². The van der Waals surface area contributed by atoms with Crippen molar-refractivity contribution < 1.29 is 9.53 Å². The number of carbonyl (C=O) groups excluding carboxylic acids is 1. The molecule has 19 heavy (non-hydrogen) atoms. The molecule has 0 aromatic carbocycles. The second kappa shape index (κ2) is 7.57. The van der Waals surface area contributed by atoms with Crippen LogP contribution in [0.3, 0.4) is 0 Å². The summed E-state index contributed by atoms with van der Waals surface area (Å²) in [7, 11) is 1.61. The fourth-order valence-electron chi connectivity index (χ4n) is 1.39. The Morgan fingerprint density at radius 1 is 1.47 bits per heavy atom. The molecule has 0 fully saturated rings. The van der Waals surface area contributed by atoms with E-state index in [9.17, 15) is 4.79 Å². The Morgan fingerprint density at radius 3 is 2.79 bits per heavy atom. The lowest BCUT2D eigenvalue weighted by atomic mass is 9.98. The standard InChI is InChI=1S/C13H23N3O2S/c1-13(2,3)12-16-8-10(19-12)7-14-9-11(17)15-5-6-18-4/h8,14H,5-7,9H2,1-4H3,(H,15,17). The van der Waals surface area contributed by atoms with Crippen molar-refractivity contribution in [2.45, 2.75) is 32.7 Å². The number of thiazole rings is 1. The lowest BCUT2D eigenvalue weighted by molar-refractivity contribution is -0.120. The molecule has 0 aliphatic rings. The zero-order valence-electron chi connectivity index (χ0n) is 12.1. The smallest absolute Gasteiger partial charge is 0.234 e. The highest BCUT2D eigenvalue weighted by molar-refractivity contribution is 7.11. The lowest BCUT2D eigenvalue weighted by Crippen LogP contribution is -2.35. The zero-order chi connectivity index (χ0) is 14.3. The number of ether oxygens (including phenoxy) is 1. The van der Waals surface area contributed by atoms with E-state index in [0.717, 1.165) is 9.88 Å². The van der Waals surface area contributed by atoms with Gasteiger partial charge in [0.25, 0.3) is 0 Å². The molecule has 1 aromatic heterocycles. The van der Waals surface area contributed by atoms with Crippen LogP contribution in [0.15, 0.2) is 6.20 Å². The van der Waals surface area contributed by atoms with Gasteiger partial charge in [0, 0.05) is 36.7 Å². The van der Waals surface area contributed by atoms with Crippen LogP contribution >= 0.6 is 11.3 Å². The molecule has 0 aliphatic heterocycles. The number of rotatable bonds is 7. The quantitative estimate of drug-likeness (QED) is 0.741. The van der Waals surface area contributed by atoms with Crippen LogP contribution in [-0.2, 0) is 21.5 Å². The first-order valence-electron chi connectivity index (χ1n) is 6.35. The van der Waals surface area contributed by atoms with E-state index in [2.05, 4.69) is 36.4 Å². The fourth-order valence-corrected chi connectivity index (χ4v) is 2.33. The summed E-state index contributed by atoms with van der Waals surface area (Å²) in [6.45, 7) is 8.50. The maximum Gasteiger partial charge on any atom is 0.234 e. The molecular weight excluding hydrogens is 262 g/mol. The largest absolute Gasteiger partial charge is 0.383 e. The molecule has 1 heterocycles. The predicted octanol–water partition coefficient (Wildman–Crippen LogP) is 1.29. The number of hydrogen-bond donors (Lipinski definition) is 2. The van der Waals surface area contributed by atoms with Crippen LogP contribution in [0.4, 0.5) is 0 Å². The summed E-state index contributed by atoms with van der Waals surface area (Å²) < 4.78 is 4.86. The van der Waals surface area contributed by atoms with Crippen molar-refractivity contribution in [3.63, 3.8) is 0 Å². The van der Waals surface area contributed by atoms with Crippen molar-refractivity contribution in [1.29, 1.82) is 0 Å². The van der Waals surface area contributed by atoms with Gasteiger partial charge in [-0.25, -0.2) is 4.98 Å². The van der Waals surface area contributed by atoms with E-state index in [1.54, 1.807) is 18.4 Å². The topological polar surface area (TPSA) is 63.2 Å². The van der Waals surface area contributed by atoms with E-state index in [1.807, 2.05) is 6.20 Å². The zero-order valence-corrected chi connectivity index (χ0v) is 12.9. The fraction of sp³-hybridized carbons (Fsp3) is 0.692. The molecule has 5 nitrogen and oxygen atoms in total. The van der Waals surface area contributed by atoms with Gasteiger partial charge in [0.1, 0.15) is 0 Å². The summed E-state index contributed by atoms with van der Waals surface area (Å²) in [5.41, 5.74) is 0.0838. The summed E-state index contributed by atoms with van der Waals surface area (Å²) in [4.78, 5) is 17.0. The van der Waals surface area contributed by atoms with Crippen LogP contribution in [0.1, 0.15) is 30.7 Å². The Kier molecular flexibility index (Phi) is 6.41. The van der Waals surface area contributed by atoms with Crippen LogP contribution in [0.25, 0.3) is 0 Å². The van der Waals surface area contributed by atoms with Crippen LogP contribution in [0.5, 0.6) is 0 Å². The minimum Gasteiger partial charge on any atom is -0.383 e. The van der Waals surface area contributed by atoms with Crippen LogP contribution in [-0.4, -0.2) is 37.7 Å². The van der Waals surface area contributed by atoms with Crippen LogP contribution in [0, 0.1) is 0 Å². The molecule has 1 amide bonds. The molecule has 0 atom stereocenters. The van der Waals surface area contributed by atoms with Gasteiger partial charge in [0.2, 0.25) is 5.91 Å². The third-order valence-corrected chi connectivity index (χ3v) is 3.83. The van der Waals surface area contributed by atoms with E-state index in [-0.39, 0.29) is 11.3 Å². The van der Waals surface area contributed by atoms with E-state index in [0.29, 0.717) is 26.2 Å². The highest BCUT2D eigenvalue weighted by Crippen LogP contribution is 2.26. The average Bonchev–Trinajstić information content (AvgIpc) is 2.78.